The molecule has 1 saturated heterocycles. The first-order chi connectivity index (χ1) is 7.75. The van der Waals surface area contributed by atoms with E-state index in [1.165, 1.54) is 50.0 Å². The highest BCUT2D eigenvalue weighted by Gasteiger charge is 2.37. The van der Waals surface area contributed by atoms with Crippen LogP contribution in [0.25, 0.3) is 0 Å². The summed E-state index contributed by atoms with van der Waals surface area (Å²) < 4.78 is 0. The molecule has 1 saturated carbocycles. The van der Waals surface area contributed by atoms with E-state index in [0.717, 1.165) is 6.42 Å². The molecule has 1 aliphatic heterocycles. The van der Waals surface area contributed by atoms with Gasteiger partial charge in [0.25, 0.3) is 0 Å². The van der Waals surface area contributed by atoms with Gasteiger partial charge in [-0.2, -0.15) is 0 Å². The number of hydrogen-bond acceptors (Lipinski definition) is 2. The maximum absolute atomic E-state index is 6.13. The van der Waals surface area contributed by atoms with Gasteiger partial charge in [-0.05, 0) is 49.8 Å². The molecule has 1 aliphatic carbocycles. The number of hydrogen-bond donors (Lipinski definition) is 1. The standard InChI is InChI=1S/C14H20N2/c15-14(7-8-14)11-12-3-5-13(6-4-12)16-9-1-2-10-16/h3-6H,1-2,7-11,15H2. The highest BCUT2D eigenvalue weighted by Crippen LogP contribution is 2.35. The molecule has 0 unspecified atom stereocenters. The molecule has 0 bridgehead atoms. The second-order valence-electron chi connectivity index (χ2n) is 5.40. The molecule has 2 heteroatoms. The first-order valence-corrected chi connectivity index (χ1v) is 6.38. The van der Waals surface area contributed by atoms with Crippen LogP contribution in [-0.4, -0.2) is 18.6 Å². The van der Waals surface area contributed by atoms with Gasteiger partial charge in [0.05, 0.1) is 0 Å². The summed E-state index contributed by atoms with van der Waals surface area (Å²) in [4.78, 5) is 2.47. The topological polar surface area (TPSA) is 29.3 Å². The van der Waals surface area contributed by atoms with Gasteiger partial charge in [0.1, 0.15) is 0 Å². The highest BCUT2D eigenvalue weighted by molar-refractivity contribution is 5.48. The van der Waals surface area contributed by atoms with Crippen molar-refractivity contribution < 1.29 is 0 Å². The average Bonchev–Trinajstić information content (AvgIpc) is 2.83. The molecule has 2 aliphatic rings. The Kier molecular flexibility index (Phi) is 2.40. The van der Waals surface area contributed by atoms with Gasteiger partial charge in [0.15, 0.2) is 0 Å². The van der Waals surface area contributed by atoms with Gasteiger partial charge < -0.3 is 10.6 Å². The van der Waals surface area contributed by atoms with Gasteiger partial charge in [-0.1, -0.05) is 12.1 Å². The quantitative estimate of drug-likeness (QED) is 0.840. The molecule has 2 N–H and O–H groups in total. The monoisotopic (exact) mass is 216 g/mol. The van der Waals surface area contributed by atoms with Crippen molar-refractivity contribution in [3.63, 3.8) is 0 Å². The normalized spacial score (nSPS) is 22.4. The first-order valence-electron chi connectivity index (χ1n) is 6.38. The molecule has 2 fully saturated rings. The van der Waals surface area contributed by atoms with Crippen molar-refractivity contribution in [1.29, 1.82) is 0 Å². The third kappa shape index (κ3) is 2.07. The average molecular weight is 216 g/mol. The van der Waals surface area contributed by atoms with E-state index in [1.54, 1.807) is 0 Å². The zero-order valence-corrected chi connectivity index (χ0v) is 9.78. The number of anilines is 1. The van der Waals surface area contributed by atoms with Crippen LogP contribution in [0.15, 0.2) is 24.3 Å². The molecular weight excluding hydrogens is 196 g/mol. The Morgan fingerprint density at radius 3 is 2.25 bits per heavy atom. The molecule has 1 aromatic carbocycles. The predicted molar refractivity (Wildman–Crippen MR) is 67.7 cm³/mol. The second-order valence-corrected chi connectivity index (χ2v) is 5.40. The second kappa shape index (κ2) is 3.77. The Bertz CT molecular complexity index is 359. The first kappa shape index (κ1) is 10.2. The molecule has 16 heavy (non-hydrogen) atoms. The van der Waals surface area contributed by atoms with Gasteiger partial charge in [0, 0.05) is 24.3 Å². The van der Waals surface area contributed by atoms with Gasteiger partial charge >= 0.3 is 0 Å². The summed E-state index contributed by atoms with van der Waals surface area (Å²) >= 11 is 0. The van der Waals surface area contributed by atoms with Crippen LogP contribution in [0.4, 0.5) is 5.69 Å². The Morgan fingerprint density at radius 1 is 1.06 bits per heavy atom. The lowest BCUT2D eigenvalue weighted by Crippen LogP contribution is -2.24. The molecule has 1 heterocycles. The molecule has 3 rings (SSSR count). The maximum Gasteiger partial charge on any atom is 0.0366 e. The number of rotatable bonds is 3. The molecule has 0 amide bonds. The van der Waals surface area contributed by atoms with Gasteiger partial charge in [-0.3, -0.25) is 0 Å². The van der Waals surface area contributed by atoms with Crippen LogP contribution >= 0.6 is 0 Å². The molecular formula is C14H20N2. The van der Waals surface area contributed by atoms with Crippen molar-refractivity contribution in [2.24, 2.45) is 5.73 Å². The highest BCUT2D eigenvalue weighted by atomic mass is 15.1. The van der Waals surface area contributed by atoms with Gasteiger partial charge in [-0.25, -0.2) is 0 Å². The lowest BCUT2D eigenvalue weighted by Gasteiger charge is -2.18. The van der Waals surface area contributed by atoms with Crippen LogP contribution < -0.4 is 10.6 Å². The molecule has 0 radical (unpaired) electrons. The van der Waals surface area contributed by atoms with E-state index in [0.29, 0.717) is 0 Å². The minimum absolute atomic E-state index is 0.134. The van der Waals surface area contributed by atoms with Crippen LogP contribution in [0.2, 0.25) is 0 Å². The molecule has 0 atom stereocenters. The number of nitrogens with zero attached hydrogens (tertiary/aromatic N) is 1. The molecule has 2 nitrogen and oxygen atoms in total. The summed E-state index contributed by atoms with van der Waals surface area (Å²) in [5.41, 5.74) is 9.03. The minimum atomic E-state index is 0.134. The summed E-state index contributed by atoms with van der Waals surface area (Å²) in [6.45, 7) is 2.44. The minimum Gasteiger partial charge on any atom is -0.372 e. The van der Waals surface area contributed by atoms with E-state index in [9.17, 15) is 0 Å². The van der Waals surface area contributed by atoms with Crippen molar-refractivity contribution in [3.8, 4) is 0 Å². The molecule has 1 aromatic rings. The predicted octanol–water partition coefficient (Wildman–Crippen LogP) is 2.32. The van der Waals surface area contributed by atoms with Crippen molar-refractivity contribution in [2.45, 2.75) is 37.6 Å². The Morgan fingerprint density at radius 2 is 1.69 bits per heavy atom. The number of nitrogens with two attached hydrogens (primary N) is 1. The van der Waals surface area contributed by atoms with E-state index >= 15 is 0 Å². The Hall–Kier alpha value is -1.02. The van der Waals surface area contributed by atoms with Crippen molar-refractivity contribution >= 4 is 5.69 Å². The van der Waals surface area contributed by atoms with Crippen LogP contribution in [0.3, 0.4) is 0 Å². The Labute approximate surface area is 97.4 Å². The fourth-order valence-corrected chi connectivity index (χ4v) is 2.54. The van der Waals surface area contributed by atoms with Crippen LogP contribution in [0, 0.1) is 0 Å². The molecule has 86 valence electrons. The van der Waals surface area contributed by atoms with E-state index in [-0.39, 0.29) is 5.54 Å². The third-order valence-electron chi connectivity index (χ3n) is 3.86. The fraction of sp³-hybridized carbons (Fsp3) is 0.571. The summed E-state index contributed by atoms with van der Waals surface area (Å²) in [6.07, 6.45) is 6.12. The number of benzene rings is 1. The van der Waals surface area contributed by atoms with Crippen molar-refractivity contribution in [1.82, 2.24) is 0 Å². The van der Waals surface area contributed by atoms with Crippen LogP contribution in [0.5, 0.6) is 0 Å². The summed E-state index contributed by atoms with van der Waals surface area (Å²) in [5.74, 6) is 0. The zero-order chi connectivity index (χ0) is 11.0. The summed E-state index contributed by atoms with van der Waals surface area (Å²) in [6, 6.07) is 9.01. The lowest BCUT2D eigenvalue weighted by molar-refractivity contribution is 0.672. The summed E-state index contributed by atoms with van der Waals surface area (Å²) in [7, 11) is 0. The zero-order valence-electron chi connectivity index (χ0n) is 9.78. The smallest absolute Gasteiger partial charge is 0.0366 e. The fourth-order valence-electron chi connectivity index (χ4n) is 2.54. The van der Waals surface area contributed by atoms with Crippen molar-refractivity contribution in [3.05, 3.63) is 29.8 Å². The maximum atomic E-state index is 6.13. The third-order valence-corrected chi connectivity index (χ3v) is 3.86. The largest absolute Gasteiger partial charge is 0.372 e. The van der Waals surface area contributed by atoms with Crippen molar-refractivity contribution in [2.75, 3.05) is 18.0 Å². The van der Waals surface area contributed by atoms with Crippen LogP contribution in [0.1, 0.15) is 31.2 Å². The lowest BCUT2D eigenvalue weighted by atomic mass is 10.0. The van der Waals surface area contributed by atoms with E-state index in [4.69, 9.17) is 5.73 Å². The Balaban J connectivity index is 1.69. The van der Waals surface area contributed by atoms with Gasteiger partial charge in [-0.15, -0.1) is 0 Å². The van der Waals surface area contributed by atoms with E-state index < -0.39 is 0 Å². The molecule has 0 aromatic heterocycles. The molecule has 0 spiro atoms. The van der Waals surface area contributed by atoms with Gasteiger partial charge in [0.2, 0.25) is 0 Å². The van der Waals surface area contributed by atoms with Crippen LogP contribution in [-0.2, 0) is 6.42 Å². The van der Waals surface area contributed by atoms with E-state index in [2.05, 4.69) is 29.2 Å². The SMILES string of the molecule is NC1(Cc2ccc(N3CCCC3)cc2)CC1. The van der Waals surface area contributed by atoms with E-state index in [1.807, 2.05) is 0 Å². The summed E-state index contributed by atoms with van der Waals surface area (Å²) in [5, 5.41) is 0.